The highest BCUT2D eigenvalue weighted by Gasteiger charge is 2.15. The molecule has 0 aliphatic carbocycles. The second-order valence-corrected chi connectivity index (χ2v) is 6.06. The van der Waals surface area contributed by atoms with Crippen LogP contribution in [0.15, 0.2) is 55.4 Å². The highest BCUT2D eigenvalue weighted by Crippen LogP contribution is 2.25. The Kier molecular flexibility index (Phi) is 4.55. The molecular formula is C18H20N8. The lowest BCUT2D eigenvalue weighted by Crippen LogP contribution is -2.15. The minimum absolute atomic E-state index is 0.105. The number of nitrogens with zero attached hydrogens (tertiary/aromatic N) is 7. The predicted octanol–water partition coefficient (Wildman–Crippen LogP) is 2.52. The second kappa shape index (κ2) is 7.30. The lowest BCUT2D eigenvalue weighted by atomic mass is 10.0. The van der Waals surface area contributed by atoms with Crippen LogP contribution in [-0.2, 0) is 13.0 Å². The summed E-state index contributed by atoms with van der Waals surface area (Å²) in [7, 11) is 0. The van der Waals surface area contributed by atoms with Gasteiger partial charge in [-0.2, -0.15) is 14.7 Å². The lowest BCUT2D eigenvalue weighted by Gasteiger charge is -2.21. The van der Waals surface area contributed by atoms with Crippen molar-refractivity contribution in [1.29, 1.82) is 0 Å². The van der Waals surface area contributed by atoms with E-state index in [0.29, 0.717) is 0 Å². The molecule has 1 unspecified atom stereocenters. The number of aryl methyl sites for hydroxylation is 2. The van der Waals surface area contributed by atoms with Gasteiger partial charge in [-0.3, -0.25) is 4.68 Å². The number of benzene rings is 1. The molecule has 0 spiro atoms. The minimum Gasteiger partial charge on any atom is -0.375 e. The van der Waals surface area contributed by atoms with Crippen molar-refractivity contribution in [3.05, 3.63) is 66.6 Å². The monoisotopic (exact) mass is 348 g/mol. The summed E-state index contributed by atoms with van der Waals surface area (Å²) < 4.78 is 3.56. The second-order valence-electron chi connectivity index (χ2n) is 6.06. The zero-order valence-electron chi connectivity index (χ0n) is 14.5. The molecule has 1 N–H and O–H groups in total. The van der Waals surface area contributed by atoms with E-state index in [2.05, 4.69) is 68.0 Å². The first kappa shape index (κ1) is 16.2. The van der Waals surface area contributed by atoms with Gasteiger partial charge < -0.3 is 5.32 Å². The number of fused-ring (bicyclic) bond motifs is 1. The smallest absolute Gasteiger partial charge is 0.200 e. The Bertz CT molecular complexity index is 961. The van der Waals surface area contributed by atoms with Crippen molar-refractivity contribution in [1.82, 2.24) is 34.6 Å². The van der Waals surface area contributed by atoms with Crippen LogP contribution in [0.1, 0.15) is 30.6 Å². The first-order valence-electron chi connectivity index (χ1n) is 8.67. The van der Waals surface area contributed by atoms with E-state index in [4.69, 9.17) is 0 Å². The fourth-order valence-electron chi connectivity index (χ4n) is 2.96. The van der Waals surface area contributed by atoms with Crippen LogP contribution in [0.5, 0.6) is 0 Å². The molecule has 8 heteroatoms. The zero-order chi connectivity index (χ0) is 17.8. The van der Waals surface area contributed by atoms with E-state index < -0.39 is 0 Å². The normalized spacial score (nSPS) is 12.3. The molecule has 8 nitrogen and oxygen atoms in total. The van der Waals surface area contributed by atoms with E-state index in [0.717, 1.165) is 36.4 Å². The number of rotatable bonds is 7. The summed E-state index contributed by atoms with van der Waals surface area (Å²) in [5.74, 6) is 0. The van der Waals surface area contributed by atoms with E-state index in [1.165, 1.54) is 5.56 Å². The van der Waals surface area contributed by atoms with E-state index in [9.17, 15) is 0 Å². The van der Waals surface area contributed by atoms with E-state index in [1.54, 1.807) is 23.5 Å². The maximum atomic E-state index is 4.51. The topological polar surface area (TPSA) is 85.8 Å². The van der Waals surface area contributed by atoms with Gasteiger partial charge in [-0.1, -0.05) is 37.3 Å². The van der Waals surface area contributed by atoms with Gasteiger partial charge >= 0.3 is 0 Å². The molecule has 0 fully saturated rings. The third-order valence-electron chi connectivity index (χ3n) is 4.33. The molecule has 3 heterocycles. The van der Waals surface area contributed by atoms with E-state index in [-0.39, 0.29) is 6.04 Å². The molecule has 0 saturated carbocycles. The van der Waals surface area contributed by atoms with E-state index in [1.807, 2.05) is 10.7 Å². The summed E-state index contributed by atoms with van der Waals surface area (Å²) >= 11 is 0. The molecule has 1 atom stereocenters. The average molecular weight is 348 g/mol. The third kappa shape index (κ3) is 3.39. The zero-order valence-corrected chi connectivity index (χ0v) is 14.5. The predicted molar refractivity (Wildman–Crippen MR) is 97.6 cm³/mol. The maximum Gasteiger partial charge on any atom is 0.200 e. The van der Waals surface area contributed by atoms with Crippen LogP contribution in [0.4, 0.5) is 5.69 Å². The highest BCUT2D eigenvalue weighted by molar-refractivity contribution is 5.67. The number of hydrogen-bond acceptors (Lipinski definition) is 6. The summed E-state index contributed by atoms with van der Waals surface area (Å²) in [6, 6.07) is 12.5. The van der Waals surface area contributed by atoms with Gasteiger partial charge in [0.05, 0.1) is 17.4 Å². The van der Waals surface area contributed by atoms with Crippen molar-refractivity contribution in [3.8, 4) is 0 Å². The molecule has 0 aliphatic heterocycles. The van der Waals surface area contributed by atoms with Crippen LogP contribution in [0.2, 0.25) is 0 Å². The average Bonchev–Trinajstić information content (AvgIpc) is 3.37. The lowest BCUT2D eigenvalue weighted by molar-refractivity contribution is 0.538. The quantitative estimate of drug-likeness (QED) is 0.552. The molecule has 26 heavy (non-hydrogen) atoms. The summed E-state index contributed by atoms with van der Waals surface area (Å²) in [6.45, 7) is 2.85. The van der Waals surface area contributed by atoms with Gasteiger partial charge in [0.25, 0.3) is 0 Å². The summed E-state index contributed by atoms with van der Waals surface area (Å²) in [4.78, 5) is 4.02. The number of hydrogen-bond donors (Lipinski definition) is 1. The molecule has 4 aromatic rings. The minimum atomic E-state index is 0.105. The molecule has 1 aromatic carbocycles. The summed E-state index contributed by atoms with van der Waals surface area (Å²) in [5, 5.41) is 20.5. The van der Waals surface area contributed by atoms with Crippen LogP contribution < -0.4 is 5.32 Å². The van der Waals surface area contributed by atoms with Gasteiger partial charge in [0.15, 0.2) is 0 Å². The number of aromatic nitrogens is 7. The van der Waals surface area contributed by atoms with Crippen LogP contribution in [0, 0.1) is 0 Å². The van der Waals surface area contributed by atoms with Crippen LogP contribution in [0.3, 0.4) is 0 Å². The van der Waals surface area contributed by atoms with Crippen molar-refractivity contribution in [3.63, 3.8) is 0 Å². The van der Waals surface area contributed by atoms with Crippen LogP contribution in [-0.4, -0.2) is 34.6 Å². The summed E-state index contributed by atoms with van der Waals surface area (Å²) in [6.07, 6.45) is 6.63. The molecule has 0 radical (unpaired) electrons. The Hall–Kier alpha value is -3.29. The van der Waals surface area contributed by atoms with E-state index >= 15 is 0 Å². The number of nitrogens with one attached hydrogen (secondary N) is 1. The molecule has 132 valence electrons. The SMILES string of the molecule is CCc1cc(NC(CCn2cncn2)c2ccccc2)c2nncn2n1. The Balaban J connectivity index is 1.65. The third-order valence-corrected chi connectivity index (χ3v) is 4.33. The Morgan fingerprint density at radius 2 is 2.04 bits per heavy atom. The van der Waals surface area contributed by atoms with Gasteiger partial charge in [0.2, 0.25) is 5.65 Å². The van der Waals surface area contributed by atoms with Gasteiger partial charge in [-0.25, -0.2) is 4.98 Å². The summed E-state index contributed by atoms with van der Waals surface area (Å²) in [5.41, 5.74) is 3.86. The largest absolute Gasteiger partial charge is 0.375 e. The fraction of sp³-hybridized carbons (Fsp3) is 0.278. The molecule has 0 bridgehead atoms. The van der Waals surface area contributed by atoms with Crippen molar-refractivity contribution < 1.29 is 0 Å². The Morgan fingerprint density at radius 1 is 1.15 bits per heavy atom. The van der Waals surface area contributed by atoms with Crippen molar-refractivity contribution in [2.24, 2.45) is 0 Å². The maximum absolute atomic E-state index is 4.51. The van der Waals surface area contributed by atoms with Crippen molar-refractivity contribution in [2.75, 3.05) is 5.32 Å². The van der Waals surface area contributed by atoms with Crippen molar-refractivity contribution >= 4 is 11.3 Å². The molecule has 3 aromatic heterocycles. The van der Waals surface area contributed by atoms with Crippen LogP contribution in [0.25, 0.3) is 5.65 Å². The molecule has 0 saturated heterocycles. The molecule has 0 amide bonds. The van der Waals surface area contributed by atoms with Crippen molar-refractivity contribution in [2.45, 2.75) is 32.4 Å². The number of anilines is 1. The standard InChI is InChI=1S/C18H20N8/c1-2-15-10-17(18-23-20-13-26(18)24-15)22-16(14-6-4-3-5-7-14)8-9-25-12-19-11-21-25/h3-7,10-13,16,22H,2,8-9H2,1H3. The van der Waals surface area contributed by atoms with Gasteiger partial charge in [-0.05, 0) is 24.5 Å². The molecular weight excluding hydrogens is 328 g/mol. The molecule has 4 rings (SSSR count). The van der Waals surface area contributed by atoms with Gasteiger partial charge in [-0.15, -0.1) is 10.2 Å². The van der Waals surface area contributed by atoms with Gasteiger partial charge in [0, 0.05) is 6.54 Å². The first-order valence-corrected chi connectivity index (χ1v) is 8.67. The van der Waals surface area contributed by atoms with Gasteiger partial charge in [0.1, 0.15) is 19.0 Å². The Morgan fingerprint density at radius 3 is 2.81 bits per heavy atom. The Labute approximate surface area is 150 Å². The fourth-order valence-corrected chi connectivity index (χ4v) is 2.96. The highest BCUT2D eigenvalue weighted by atomic mass is 15.3. The first-order chi connectivity index (χ1) is 12.8. The van der Waals surface area contributed by atoms with Crippen LogP contribution >= 0.6 is 0 Å². The molecule has 0 aliphatic rings.